The molecular weight excluding hydrogens is 436 g/mol. The van der Waals surface area contributed by atoms with Crippen molar-refractivity contribution in [2.24, 2.45) is 10.8 Å². The molecule has 1 aliphatic rings. The Labute approximate surface area is 174 Å². The molecule has 9 heteroatoms. The predicted molar refractivity (Wildman–Crippen MR) is 113 cm³/mol. The fraction of sp³-hybridized carbons (Fsp3) is 0.0588. The van der Waals surface area contributed by atoms with Crippen LogP contribution in [0.4, 0.5) is 4.39 Å². The van der Waals surface area contributed by atoms with Gasteiger partial charge in [0.1, 0.15) is 5.82 Å². The van der Waals surface area contributed by atoms with E-state index in [2.05, 4.69) is 10.5 Å². The van der Waals surface area contributed by atoms with Gasteiger partial charge in [0.2, 0.25) is 0 Å². The summed E-state index contributed by atoms with van der Waals surface area (Å²) in [5, 5.41) is 5.57. The maximum Gasteiger partial charge on any atom is 0.184 e. The van der Waals surface area contributed by atoms with Crippen LogP contribution in [0.1, 0.15) is 11.1 Å². The van der Waals surface area contributed by atoms with Crippen LogP contribution in [-0.2, 0) is 0 Å². The molecule has 0 fully saturated rings. The van der Waals surface area contributed by atoms with E-state index in [1.165, 1.54) is 23.9 Å². The molecule has 2 aromatic rings. The van der Waals surface area contributed by atoms with Crippen LogP contribution in [0.3, 0.4) is 0 Å². The fourth-order valence-electron chi connectivity index (χ4n) is 2.43. The molecular formula is C17H11Cl3FN3S2. The summed E-state index contributed by atoms with van der Waals surface area (Å²) in [6.07, 6.45) is 0. The standard InChI is InChI=1S/C17H11Cl3FN3S2/c18-8-1-3-13(19)10(5-8)16(23-24-17(22)25)12-7-26-14-4-2-9(21)6-11(14)15(12)20/h1-6H,7H2,(H3,22,24,25). The van der Waals surface area contributed by atoms with E-state index in [1.807, 2.05) is 0 Å². The minimum absolute atomic E-state index is 0.00715. The first-order valence-electron chi connectivity index (χ1n) is 7.27. The minimum Gasteiger partial charge on any atom is -0.375 e. The monoisotopic (exact) mass is 445 g/mol. The minimum atomic E-state index is -0.371. The van der Waals surface area contributed by atoms with Gasteiger partial charge in [-0.1, -0.05) is 34.8 Å². The molecule has 3 nitrogen and oxygen atoms in total. The Balaban J connectivity index is 2.19. The lowest BCUT2D eigenvalue weighted by atomic mass is 10.0. The third-order valence-corrected chi connectivity index (χ3v) is 5.75. The predicted octanol–water partition coefficient (Wildman–Crippen LogP) is 5.43. The quantitative estimate of drug-likeness (QED) is 0.375. The van der Waals surface area contributed by atoms with Crippen LogP contribution in [0.15, 0.2) is 52.0 Å². The maximum absolute atomic E-state index is 13.7. The molecule has 0 aromatic heterocycles. The molecule has 26 heavy (non-hydrogen) atoms. The molecule has 0 amide bonds. The number of rotatable bonds is 3. The third-order valence-electron chi connectivity index (χ3n) is 3.56. The zero-order valence-corrected chi connectivity index (χ0v) is 16.9. The van der Waals surface area contributed by atoms with E-state index in [-0.39, 0.29) is 10.9 Å². The first kappa shape index (κ1) is 19.5. The normalized spacial score (nSPS) is 14.2. The van der Waals surface area contributed by atoms with Crippen LogP contribution in [-0.4, -0.2) is 16.6 Å². The number of hydrogen-bond donors (Lipinski definition) is 2. The van der Waals surface area contributed by atoms with Crippen molar-refractivity contribution < 1.29 is 4.39 Å². The number of hydrogen-bond acceptors (Lipinski definition) is 3. The molecule has 0 spiro atoms. The molecule has 0 unspecified atom stereocenters. The lowest BCUT2D eigenvalue weighted by Crippen LogP contribution is -2.27. The summed E-state index contributed by atoms with van der Waals surface area (Å²) >= 11 is 25.4. The Morgan fingerprint density at radius 1 is 1.19 bits per heavy atom. The highest BCUT2D eigenvalue weighted by Gasteiger charge is 2.25. The number of nitrogens with zero attached hydrogens (tertiary/aromatic N) is 1. The third kappa shape index (κ3) is 4.15. The van der Waals surface area contributed by atoms with Crippen LogP contribution < -0.4 is 11.2 Å². The van der Waals surface area contributed by atoms with Gasteiger partial charge in [0.25, 0.3) is 0 Å². The highest BCUT2D eigenvalue weighted by Crippen LogP contribution is 2.41. The molecule has 0 radical (unpaired) electrons. The van der Waals surface area contributed by atoms with Gasteiger partial charge in [-0.3, -0.25) is 5.43 Å². The number of halogens is 4. The summed E-state index contributed by atoms with van der Waals surface area (Å²) in [5.74, 6) is 0.141. The smallest absolute Gasteiger partial charge is 0.184 e. The lowest BCUT2D eigenvalue weighted by Gasteiger charge is -2.21. The second kappa shape index (κ2) is 8.15. The van der Waals surface area contributed by atoms with Crippen molar-refractivity contribution in [1.82, 2.24) is 5.43 Å². The second-order valence-electron chi connectivity index (χ2n) is 5.28. The highest BCUT2D eigenvalue weighted by atomic mass is 35.5. The van der Waals surface area contributed by atoms with Crippen LogP contribution in [0, 0.1) is 5.82 Å². The van der Waals surface area contributed by atoms with Crippen molar-refractivity contribution in [3.05, 3.63) is 69.0 Å². The van der Waals surface area contributed by atoms with Crippen molar-refractivity contribution in [1.29, 1.82) is 0 Å². The highest BCUT2D eigenvalue weighted by molar-refractivity contribution is 7.99. The summed E-state index contributed by atoms with van der Waals surface area (Å²) in [7, 11) is 0. The van der Waals surface area contributed by atoms with E-state index in [0.717, 1.165) is 4.90 Å². The van der Waals surface area contributed by atoms with E-state index in [9.17, 15) is 4.39 Å². The van der Waals surface area contributed by atoms with Crippen LogP contribution in [0.2, 0.25) is 10.0 Å². The summed E-state index contributed by atoms with van der Waals surface area (Å²) in [6, 6.07) is 9.49. The van der Waals surface area contributed by atoms with Crippen molar-refractivity contribution >= 4 is 74.6 Å². The zero-order chi connectivity index (χ0) is 18.8. The molecule has 134 valence electrons. The number of fused-ring (bicyclic) bond motifs is 1. The number of thiocarbonyl (C=S) groups is 1. The van der Waals surface area contributed by atoms with E-state index >= 15 is 0 Å². The SMILES string of the molecule is NC(=S)NN=C(C1=C(Cl)c2cc(F)ccc2SC1)c1cc(Cl)ccc1Cl. The van der Waals surface area contributed by atoms with E-state index in [1.54, 1.807) is 24.3 Å². The number of hydrazone groups is 1. The number of thioether (sulfide) groups is 1. The van der Waals surface area contributed by atoms with Crippen molar-refractivity contribution in [2.45, 2.75) is 4.90 Å². The van der Waals surface area contributed by atoms with Gasteiger partial charge in [-0.15, -0.1) is 11.8 Å². The Morgan fingerprint density at radius 3 is 2.69 bits per heavy atom. The lowest BCUT2D eigenvalue weighted by molar-refractivity contribution is 0.626. The number of nitrogens with two attached hydrogens (primary N) is 1. The molecule has 1 aliphatic heterocycles. The zero-order valence-electron chi connectivity index (χ0n) is 13.0. The Hall–Kier alpha value is -1.31. The molecule has 3 N–H and O–H groups in total. The number of nitrogens with one attached hydrogen (secondary N) is 1. The summed E-state index contributed by atoms with van der Waals surface area (Å²) in [4.78, 5) is 0.888. The summed E-state index contributed by atoms with van der Waals surface area (Å²) < 4.78 is 13.7. The molecule has 2 aromatic carbocycles. The molecule has 0 atom stereocenters. The van der Waals surface area contributed by atoms with Gasteiger partial charge < -0.3 is 5.73 Å². The summed E-state index contributed by atoms with van der Waals surface area (Å²) in [5.41, 5.74) is 10.3. The van der Waals surface area contributed by atoms with Gasteiger partial charge in [-0.25, -0.2) is 4.39 Å². The van der Waals surface area contributed by atoms with Crippen molar-refractivity contribution in [2.75, 3.05) is 5.75 Å². The molecule has 0 aliphatic carbocycles. The largest absolute Gasteiger partial charge is 0.375 e. The van der Waals surface area contributed by atoms with Gasteiger partial charge >= 0.3 is 0 Å². The fourth-order valence-corrected chi connectivity index (χ4v) is 4.36. The average molecular weight is 447 g/mol. The number of benzene rings is 2. The van der Waals surface area contributed by atoms with E-state index < -0.39 is 0 Å². The van der Waals surface area contributed by atoms with Crippen molar-refractivity contribution in [3.8, 4) is 0 Å². The summed E-state index contributed by atoms with van der Waals surface area (Å²) in [6.45, 7) is 0. The molecule has 1 heterocycles. The van der Waals surface area contributed by atoms with Gasteiger partial charge in [-0.05, 0) is 48.6 Å². The Bertz CT molecular complexity index is 960. The Kier molecular flexibility index (Phi) is 6.10. The molecule has 0 saturated carbocycles. The maximum atomic E-state index is 13.7. The van der Waals surface area contributed by atoms with E-state index in [0.29, 0.717) is 43.2 Å². The van der Waals surface area contributed by atoms with Crippen LogP contribution in [0.5, 0.6) is 0 Å². The average Bonchev–Trinajstić information content (AvgIpc) is 2.60. The molecule has 0 saturated heterocycles. The molecule has 0 bridgehead atoms. The van der Waals surface area contributed by atoms with Gasteiger partial charge in [0.15, 0.2) is 5.11 Å². The topological polar surface area (TPSA) is 50.4 Å². The van der Waals surface area contributed by atoms with Gasteiger partial charge in [0.05, 0.1) is 15.8 Å². The second-order valence-corrected chi connectivity index (χ2v) is 7.96. The first-order chi connectivity index (χ1) is 12.4. The van der Waals surface area contributed by atoms with E-state index in [4.69, 9.17) is 52.8 Å². The van der Waals surface area contributed by atoms with Crippen molar-refractivity contribution in [3.63, 3.8) is 0 Å². The molecule has 3 rings (SSSR count). The van der Waals surface area contributed by atoms with Gasteiger partial charge in [0, 0.05) is 32.4 Å². The van der Waals surface area contributed by atoms with Crippen LogP contribution >= 0.6 is 58.8 Å². The van der Waals surface area contributed by atoms with Gasteiger partial charge in [-0.2, -0.15) is 5.10 Å². The first-order valence-corrected chi connectivity index (χ1v) is 9.80. The van der Waals surface area contributed by atoms with Crippen LogP contribution in [0.25, 0.3) is 5.03 Å². The Morgan fingerprint density at radius 2 is 1.96 bits per heavy atom.